The second kappa shape index (κ2) is 7.55. The lowest BCUT2D eigenvalue weighted by Gasteiger charge is -2.28. The molecule has 0 saturated heterocycles. The van der Waals surface area contributed by atoms with E-state index in [1.54, 1.807) is 0 Å². The van der Waals surface area contributed by atoms with Gasteiger partial charge in [0.1, 0.15) is 0 Å². The van der Waals surface area contributed by atoms with Crippen LogP contribution in [0, 0.1) is 5.92 Å². The molecular formula is C16H28N2. The number of nitrogens with zero attached hydrogens (tertiary/aromatic N) is 1. The van der Waals surface area contributed by atoms with Gasteiger partial charge in [0, 0.05) is 25.7 Å². The highest BCUT2D eigenvalue weighted by Gasteiger charge is 2.11. The fourth-order valence-corrected chi connectivity index (χ4v) is 2.29. The molecule has 0 fully saturated rings. The molecule has 102 valence electrons. The molecule has 0 amide bonds. The number of rotatable bonds is 7. The second-order valence-corrected chi connectivity index (χ2v) is 5.71. The van der Waals surface area contributed by atoms with Crippen molar-refractivity contribution in [2.24, 2.45) is 11.7 Å². The SMILES string of the molecule is CC(C)CN(CCc1ccccc1CN)C(C)C. The Bertz CT molecular complexity index is 345. The summed E-state index contributed by atoms with van der Waals surface area (Å²) in [5.74, 6) is 0.720. The first-order chi connectivity index (χ1) is 8.54. The largest absolute Gasteiger partial charge is 0.326 e. The van der Waals surface area contributed by atoms with E-state index in [0.29, 0.717) is 12.6 Å². The summed E-state index contributed by atoms with van der Waals surface area (Å²) in [5, 5.41) is 0. The highest BCUT2D eigenvalue weighted by Crippen LogP contribution is 2.11. The zero-order valence-electron chi connectivity index (χ0n) is 12.3. The Balaban J connectivity index is 2.61. The van der Waals surface area contributed by atoms with Crippen LogP contribution in [0.5, 0.6) is 0 Å². The van der Waals surface area contributed by atoms with Gasteiger partial charge < -0.3 is 10.6 Å². The molecule has 0 unspecified atom stereocenters. The minimum absolute atomic E-state index is 0.609. The molecular weight excluding hydrogens is 220 g/mol. The van der Waals surface area contributed by atoms with E-state index in [2.05, 4.69) is 56.9 Å². The highest BCUT2D eigenvalue weighted by atomic mass is 15.1. The molecule has 18 heavy (non-hydrogen) atoms. The van der Waals surface area contributed by atoms with Gasteiger partial charge in [-0.05, 0) is 37.3 Å². The fraction of sp³-hybridized carbons (Fsp3) is 0.625. The Kier molecular flexibility index (Phi) is 6.37. The van der Waals surface area contributed by atoms with Gasteiger partial charge in [0.25, 0.3) is 0 Å². The van der Waals surface area contributed by atoms with E-state index in [-0.39, 0.29) is 0 Å². The number of benzene rings is 1. The van der Waals surface area contributed by atoms with Gasteiger partial charge in [0.2, 0.25) is 0 Å². The van der Waals surface area contributed by atoms with E-state index in [1.165, 1.54) is 17.7 Å². The Morgan fingerprint density at radius 2 is 1.67 bits per heavy atom. The lowest BCUT2D eigenvalue weighted by Crippen LogP contribution is -2.35. The zero-order chi connectivity index (χ0) is 13.5. The summed E-state index contributed by atoms with van der Waals surface area (Å²) in [7, 11) is 0. The third-order valence-corrected chi connectivity index (χ3v) is 3.34. The maximum absolute atomic E-state index is 5.78. The highest BCUT2D eigenvalue weighted by molar-refractivity contribution is 5.27. The first kappa shape index (κ1) is 15.2. The Hall–Kier alpha value is -0.860. The van der Waals surface area contributed by atoms with Crippen molar-refractivity contribution in [3.8, 4) is 0 Å². The molecule has 0 aliphatic heterocycles. The summed E-state index contributed by atoms with van der Waals surface area (Å²) < 4.78 is 0. The Morgan fingerprint density at radius 3 is 2.17 bits per heavy atom. The summed E-state index contributed by atoms with van der Waals surface area (Å²) in [4.78, 5) is 2.55. The van der Waals surface area contributed by atoms with Crippen LogP contribution in [0.1, 0.15) is 38.8 Å². The van der Waals surface area contributed by atoms with Crippen molar-refractivity contribution in [3.05, 3.63) is 35.4 Å². The summed E-state index contributed by atoms with van der Waals surface area (Å²) in [6, 6.07) is 9.13. The van der Waals surface area contributed by atoms with Gasteiger partial charge in [-0.25, -0.2) is 0 Å². The monoisotopic (exact) mass is 248 g/mol. The van der Waals surface area contributed by atoms with E-state index in [1.807, 2.05) is 0 Å². The van der Waals surface area contributed by atoms with Gasteiger partial charge in [-0.3, -0.25) is 0 Å². The third kappa shape index (κ3) is 4.79. The summed E-state index contributed by atoms with van der Waals surface area (Å²) in [5.41, 5.74) is 8.46. The maximum atomic E-state index is 5.78. The van der Waals surface area contributed by atoms with Crippen LogP contribution >= 0.6 is 0 Å². The van der Waals surface area contributed by atoms with Crippen molar-refractivity contribution in [1.29, 1.82) is 0 Å². The van der Waals surface area contributed by atoms with Gasteiger partial charge >= 0.3 is 0 Å². The Labute approximate surface area is 112 Å². The molecule has 2 nitrogen and oxygen atoms in total. The molecule has 2 heteroatoms. The smallest absolute Gasteiger partial charge is 0.0180 e. The lowest BCUT2D eigenvalue weighted by atomic mass is 10.0. The maximum Gasteiger partial charge on any atom is 0.0180 e. The van der Waals surface area contributed by atoms with Crippen LogP contribution in [0.15, 0.2) is 24.3 Å². The minimum atomic E-state index is 0.609. The molecule has 0 aliphatic carbocycles. The standard InChI is InChI=1S/C16H28N2/c1-13(2)12-18(14(3)4)10-9-15-7-5-6-8-16(15)11-17/h5-8,13-14H,9-12,17H2,1-4H3. The molecule has 0 radical (unpaired) electrons. The molecule has 0 heterocycles. The fourth-order valence-electron chi connectivity index (χ4n) is 2.29. The van der Waals surface area contributed by atoms with E-state index in [9.17, 15) is 0 Å². The first-order valence-corrected chi connectivity index (χ1v) is 7.05. The summed E-state index contributed by atoms with van der Waals surface area (Å²) in [6.45, 7) is 12.0. The lowest BCUT2D eigenvalue weighted by molar-refractivity contribution is 0.200. The molecule has 0 atom stereocenters. The second-order valence-electron chi connectivity index (χ2n) is 5.71. The molecule has 0 bridgehead atoms. The molecule has 2 N–H and O–H groups in total. The van der Waals surface area contributed by atoms with E-state index in [0.717, 1.165) is 18.9 Å². The number of hydrogen-bond donors (Lipinski definition) is 1. The van der Waals surface area contributed by atoms with Crippen molar-refractivity contribution >= 4 is 0 Å². The molecule has 0 aliphatic rings. The summed E-state index contributed by atoms with van der Waals surface area (Å²) in [6.07, 6.45) is 1.10. The van der Waals surface area contributed by atoms with Crippen molar-refractivity contribution in [2.45, 2.75) is 46.7 Å². The van der Waals surface area contributed by atoms with E-state index >= 15 is 0 Å². The van der Waals surface area contributed by atoms with Crippen molar-refractivity contribution in [1.82, 2.24) is 4.90 Å². The van der Waals surface area contributed by atoms with Crippen LogP contribution in [-0.2, 0) is 13.0 Å². The van der Waals surface area contributed by atoms with Gasteiger partial charge in [-0.2, -0.15) is 0 Å². The molecule has 0 spiro atoms. The predicted octanol–water partition coefficient (Wildman–Crippen LogP) is 3.05. The molecule has 1 rings (SSSR count). The van der Waals surface area contributed by atoms with Gasteiger partial charge in [-0.15, -0.1) is 0 Å². The average Bonchev–Trinajstić information content (AvgIpc) is 2.34. The van der Waals surface area contributed by atoms with Gasteiger partial charge in [0.05, 0.1) is 0 Å². The van der Waals surface area contributed by atoms with Crippen molar-refractivity contribution < 1.29 is 0 Å². The predicted molar refractivity (Wildman–Crippen MR) is 79.6 cm³/mol. The molecule has 0 saturated carbocycles. The van der Waals surface area contributed by atoms with Crippen LogP contribution in [0.4, 0.5) is 0 Å². The third-order valence-electron chi connectivity index (χ3n) is 3.34. The van der Waals surface area contributed by atoms with Crippen LogP contribution in [0.25, 0.3) is 0 Å². The topological polar surface area (TPSA) is 29.3 Å². The van der Waals surface area contributed by atoms with Crippen molar-refractivity contribution in [2.75, 3.05) is 13.1 Å². The normalized spacial score (nSPS) is 11.8. The zero-order valence-corrected chi connectivity index (χ0v) is 12.3. The van der Waals surface area contributed by atoms with Crippen LogP contribution < -0.4 is 5.73 Å². The molecule has 0 aromatic heterocycles. The van der Waals surface area contributed by atoms with Gasteiger partial charge in [-0.1, -0.05) is 38.1 Å². The number of nitrogens with two attached hydrogens (primary N) is 1. The molecule has 1 aromatic rings. The summed E-state index contributed by atoms with van der Waals surface area (Å²) >= 11 is 0. The Morgan fingerprint density at radius 1 is 1.06 bits per heavy atom. The minimum Gasteiger partial charge on any atom is -0.326 e. The average molecular weight is 248 g/mol. The van der Waals surface area contributed by atoms with Crippen LogP contribution in [-0.4, -0.2) is 24.0 Å². The first-order valence-electron chi connectivity index (χ1n) is 7.05. The van der Waals surface area contributed by atoms with Crippen LogP contribution in [0.3, 0.4) is 0 Å². The van der Waals surface area contributed by atoms with Gasteiger partial charge in [0.15, 0.2) is 0 Å². The quantitative estimate of drug-likeness (QED) is 0.803. The van der Waals surface area contributed by atoms with E-state index in [4.69, 9.17) is 5.73 Å². The number of hydrogen-bond acceptors (Lipinski definition) is 2. The molecule has 1 aromatic carbocycles. The van der Waals surface area contributed by atoms with Crippen molar-refractivity contribution in [3.63, 3.8) is 0 Å². The van der Waals surface area contributed by atoms with E-state index < -0.39 is 0 Å². The van der Waals surface area contributed by atoms with Crippen LogP contribution in [0.2, 0.25) is 0 Å².